The van der Waals surface area contributed by atoms with Crippen molar-refractivity contribution >= 4 is 0 Å². The first-order valence-corrected chi connectivity index (χ1v) is 3.88. The van der Waals surface area contributed by atoms with Crippen molar-refractivity contribution in [3.8, 4) is 0 Å². The number of rotatable bonds is 2. The van der Waals surface area contributed by atoms with Crippen LogP contribution in [-0.4, -0.2) is 0 Å². The molecule has 0 rings (SSSR count). The van der Waals surface area contributed by atoms with Crippen LogP contribution in [-0.2, 0) is 0 Å². The van der Waals surface area contributed by atoms with E-state index < -0.39 is 0 Å². The molecule has 2 N–H and O–H groups in total. The highest BCUT2D eigenvalue weighted by Crippen LogP contribution is 1.98. The lowest BCUT2D eigenvalue weighted by Gasteiger charge is -1.89. The molecule has 0 aliphatic rings. The molecule has 0 unspecified atom stereocenters. The minimum Gasteiger partial charge on any atom is -0.404 e. The fourth-order valence-electron chi connectivity index (χ4n) is 0.505. The van der Waals surface area contributed by atoms with Crippen molar-refractivity contribution in [1.29, 1.82) is 0 Å². The van der Waals surface area contributed by atoms with Gasteiger partial charge in [0.1, 0.15) is 0 Å². The Morgan fingerprint density at radius 1 is 1.40 bits per heavy atom. The maximum Gasteiger partial charge on any atom is -0.00299 e. The molecule has 0 atom stereocenters. The SMILES string of the molecule is C/C=C\C(=C/N)CC.CC. The molecule has 0 bridgehead atoms. The molecule has 1 heteroatoms. The third kappa shape index (κ3) is 7.28. The molecule has 0 radical (unpaired) electrons. The second kappa shape index (κ2) is 11.1. The average Bonchev–Trinajstić information content (AvgIpc) is 2.04. The third-order valence-electron chi connectivity index (χ3n) is 1.00. The minimum atomic E-state index is 1.01. The van der Waals surface area contributed by atoms with Gasteiger partial charge >= 0.3 is 0 Å². The molecule has 0 aromatic carbocycles. The van der Waals surface area contributed by atoms with Gasteiger partial charge < -0.3 is 5.73 Å². The molecule has 0 aromatic rings. The van der Waals surface area contributed by atoms with Crippen LogP contribution < -0.4 is 5.73 Å². The summed E-state index contributed by atoms with van der Waals surface area (Å²) in [6.45, 7) is 8.07. The van der Waals surface area contributed by atoms with Crippen LogP contribution >= 0.6 is 0 Å². The lowest BCUT2D eigenvalue weighted by Crippen LogP contribution is -1.82. The molecule has 0 saturated carbocycles. The van der Waals surface area contributed by atoms with E-state index >= 15 is 0 Å². The molecule has 1 nitrogen and oxygen atoms in total. The Morgan fingerprint density at radius 3 is 2.00 bits per heavy atom. The highest BCUT2D eigenvalue weighted by atomic mass is 14.5. The number of hydrogen-bond donors (Lipinski definition) is 1. The highest BCUT2D eigenvalue weighted by molar-refractivity contribution is 5.15. The number of hydrogen-bond acceptors (Lipinski definition) is 1. The predicted octanol–water partition coefficient (Wildman–Crippen LogP) is 2.84. The summed E-state index contributed by atoms with van der Waals surface area (Å²) in [5, 5.41) is 0. The largest absolute Gasteiger partial charge is 0.404 e. The Balaban J connectivity index is 0. The standard InChI is InChI=1S/C7H13N.C2H6/c1-3-5-7(4-2)6-8;1-2/h3,5-6H,4,8H2,1-2H3;1-2H3/b5-3-,7-6-;. The maximum atomic E-state index is 5.26. The molecule has 60 valence electrons. The smallest absolute Gasteiger partial charge is 0.00299 e. The van der Waals surface area contributed by atoms with Gasteiger partial charge in [0.15, 0.2) is 0 Å². The van der Waals surface area contributed by atoms with Gasteiger partial charge in [-0.05, 0) is 25.1 Å². The summed E-state index contributed by atoms with van der Waals surface area (Å²) in [5.41, 5.74) is 6.44. The quantitative estimate of drug-likeness (QED) is 0.588. The molecule has 10 heavy (non-hydrogen) atoms. The van der Waals surface area contributed by atoms with E-state index in [2.05, 4.69) is 6.92 Å². The first-order chi connectivity index (χ1) is 4.85. The van der Waals surface area contributed by atoms with Crippen LogP contribution in [0.15, 0.2) is 23.9 Å². The van der Waals surface area contributed by atoms with Gasteiger partial charge in [0, 0.05) is 0 Å². The van der Waals surface area contributed by atoms with Gasteiger partial charge in [-0.25, -0.2) is 0 Å². The zero-order valence-corrected chi connectivity index (χ0v) is 7.52. The molecule has 0 aromatic heterocycles. The van der Waals surface area contributed by atoms with Crippen LogP contribution in [0.1, 0.15) is 34.1 Å². The van der Waals surface area contributed by atoms with E-state index in [9.17, 15) is 0 Å². The molecule has 0 spiro atoms. The number of nitrogens with two attached hydrogens (primary N) is 1. The molecule has 0 aliphatic heterocycles. The van der Waals surface area contributed by atoms with E-state index in [0.29, 0.717) is 0 Å². The third-order valence-corrected chi connectivity index (χ3v) is 1.00. The molecule has 0 saturated heterocycles. The van der Waals surface area contributed by atoms with E-state index in [0.717, 1.165) is 6.42 Å². The van der Waals surface area contributed by atoms with Gasteiger partial charge in [-0.1, -0.05) is 32.9 Å². The second-order valence-electron chi connectivity index (χ2n) is 1.60. The highest BCUT2D eigenvalue weighted by Gasteiger charge is 1.80. The van der Waals surface area contributed by atoms with Crippen LogP contribution in [0.3, 0.4) is 0 Å². The Morgan fingerprint density at radius 2 is 1.90 bits per heavy atom. The van der Waals surface area contributed by atoms with Gasteiger partial charge in [0.2, 0.25) is 0 Å². The molecule has 0 fully saturated rings. The van der Waals surface area contributed by atoms with Crippen molar-refractivity contribution in [2.24, 2.45) is 5.73 Å². The lowest BCUT2D eigenvalue weighted by atomic mass is 10.2. The first-order valence-electron chi connectivity index (χ1n) is 3.88. The number of allylic oxidation sites excluding steroid dienone is 3. The van der Waals surface area contributed by atoms with Crippen molar-refractivity contribution < 1.29 is 0 Å². The van der Waals surface area contributed by atoms with Crippen LogP contribution in [0, 0.1) is 0 Å². The van der Waals surface area contributed by atoms with Gasteiger partial charge in [-0.2, -0.15) is 0 Å². The van der Waals surface area contributed by atoms with E-state index in [1.54, 1.807) is 6.20 Å². The van der Waals surface area contributed by atoms with Gasteiger partial charge in [-0.15, -0.1) is 0 Å². The summed E-state index contributed by atoms with van der Waals surface area (Å²) in [6, 6.07) is 0. The monoisotopic (exact) mass is 141 g/mol. The fourth-order valence-corrected chi connectivity index (χ4v) is 0.505. The Kier molecular flexibility index (Phi) is 13.4. The summed E-state index contributed by atoms with van der Waals surface area (Å²) in [6.07, 6.45) is 6.66. The molecule has 0 aliphatic carbocycles. The van der Waals surface area contributed by atoms with Crippen molar-refractivity contribution in [1.82, 2.24) is 0 Å². The summed E-state index contributed by atoms with van der Waals surface area (Å²) in [7, 11) is 0. The first kappa shape index (κ1) is 12.0. The van der Waals surface area contributed by atoms with E-state index in [4.69, 9.17) is 5.73 Å². The maximum absolute atomic E-state index is 5.26. The summed E-state index contributed by atoms with van der Waals surface area (Å²) < 4.78 is 0. The van der Waals surface area contributed by atoms with Crippen molar-refractivity contribution in [3.63, 3.8) is 0 Å². The molecular weight excluding hydrogens is 122 g/mol. The van der Waals surface area contributed by atoms with Crippen molar-refractivity contribution in [2.45, 2.75) is 34.1 Å². The summed E-state index contributed by atoms with van der Waals surface area (Å²) >= 11 is 0. The molecule has 0 amide bonds. The topological polar surface area (TPSA) is 26.0 Å². The van der Waals surface area contributed by atoms with Crippen molar-refractivity contribution in [3.05, 3.63) is 23.9 Å². The van der Waals surface area contributed by atoms with Gasteiger partial charge in [-0.3, -0.25) is 0 Å². The lowest BCUT2D eigenvalue weighted by molar-refractivity contribution is 1.13. The minimum absolute atomic E-state index is 1.01. The summed E-state index contributed by atoms with van der Waals surface area (Å²) in [5.74, 6) is 0. The fraction of sp³-hybridized carbons (Fsp3) is 0.556. The normalized spacial score (nSPS) is 11.0. The second-order valence-corrected chi connectivity index (χ2v) is 1.60. The molecule has 0 heterocycles. The molecular formula is C9H19N. The Labute approximate surface area is 64.6 Å². The van der Waals surface area contributed by atoms with Crippen LogP contribution in [0.4, 0.5) is 0 Å². The van der Waals surface area contributed by atoms with E-state index in [1.807, 2.05) is 32.9 Å². The zero-order chi connectivity index (χ0) is 8.41. The zero-order valence-electron chi connectivity index (χ0n) is 7.52. The van der Waals surface area contributed by atoms with Crippen LogP contribution in [0.5, 0.6) is 0 Å². The average molecular weight is 141 g/mol. The van der Waals surface area contributed by atoms with Crippen molar-refractivity contribution in [2.75, 3.05) is 0 Å². The Hall–Kier alpha value is -0.720. The summed E-state index contributed by atoms with van der Waals surface area (Å²) in [4.78, 5) is 0. The van der Waals surface area contributed by atoms with Crippen LogP contribution in [0.25, 0.3) is 0 Å². The van der Waals surface area contributed by atoms with E-state index in [1.165, 1.54) is 5.57 Å². The predicted molar refractivity (Wildman–Crippen MR) is 48.7 cm³/mol. The van der Waals surface area contributed by atoms with Crippen LogP contribution in [0.2, 0.25) is 0 Å². The Bertz CT molecular complexity index is 98.5. The van der Waals surface area contributed by atoms with Gasteiger partial charge in [0.05, 0.1) is 0 Å². The van der Waals surface area contributed by atoms with Gasteiger partial charge in [0.25, 0.3) is 0 Å². The van der Waals surface area contributed by atoms with E-state index in [-0.39, 0.29) is 0 Å².